The number of carbonyl (C=O) groups is 1. The Labute approximate surface area is 162 Å². The van der Waals surface area contributed by atoms with Crippen molar-refractivity contribution in [2.45, 2.75) is 26.1 Å². The van der Waals surface area contributed by atoms with Gasteiger partial charge in [0.1, 0.15) is 0 Å². The fourth-order valence-electron chi connectivity index (χ4n) is 3.36. The first-order valence-electron chi connectivity index (χ1n) is 8.83. The maximum absolute atomic E-state index is 13.0. The minimum absolute atomic E-state index is 0.240. The zero-order valence-corrected chi connectivity index (χ0v) is 15.3. The van der Waals surface area contributed by atoms with E-state index in [-0.39, 0.29) is 17.2 Å². The molecule has 0 bridgehead atoms. The third kappa shape index (κ3) is 3.53. The molecular formula is C19H16F3N5O2. The van der Waals surface area contributed by atoms with Gasteiger partial charge in [-0.2, -0.15) is 18.3 Å². The number of nitrogens with one attached hydrogen (secondary N) is 1. The SMILES string of the molecule is Cc1c(C(=O)N2CCc3ccccc3C2)cnn1-c1nc(C(F)(F)F)cc(=O)[nH]1. The van der Waals surface area contributed by atoms with Crippen molar-refractivity contribution in [3.8, 4) is 5.95 Å². The number of carbonyl (C=O) groups excluding carboxylic acids is 1. The summed E-state index contributed by atoms with van der Waals surface area (Å²) in [6.45, 7) is 2.51. The molecule has 1 aliphatic rings. The molecular weight excluding hydrogens is 387 g/mol. The molecule has 2 aromatic heterocycles. The Morgan fingerprint density at radius 1 is 1.21 bits per heavy atom. The van der Waals surface area contributed by atoms with Crippen molar-refractivity contribution in [3.63, 3.8) is 0 Å². The van der Waals surface area contributed by atoms with Crippen molar-refractivity contribution in [1.29, 1.82) is 0 Å². The Balaban J connectivity index is 1.65. The summed E-state index contributed by atoms with van der Waals surface area (Å²) in [6.07, 6.45) is -2.78. The summed E-state index contributed by atoms with van der Waals surface area (Å²) in [5.41, 5.74) is 0.487. The minimum atomic E-state index is -4.77. The van der Waals surface area contributed by atoms with E-state index >= 15 is 0 Å². The summed E-state index contributed by atoms with van der Waals surface area (Å²) < 4.78 is 39.9. The van der Waals surface area contributed by atoms with E-state index in [1.54, 1.807) is 11.8 Å². The second kappa shape index (κ2) is 6.87. The van der Waals surface area contributed by atoms with E-state index in [1.165, 1.54) is 11.8 Å². The molecule has 0 atom stereocenters. The van der Waals surface area contributed by atoms with E-state index in [2.05, 4.69) is 15.1 Å². The molecule has 0 saturated carbocycles. The Hall–Kier alpha value is -3.43. The number of aromatic nitrogens is 4. The summed E-state index contributed by atoms with van der Waals surface area (Å²) in [5, 5.41) is 3.98. The standard InChI is InChI=1S/C19H16F3N5O2/c1-11-14(17(29)26-7-6-12-4-2-3-5-13(12)10-26)9-23-27(11)18-24-15(19(20,21)22)8-16(28)25-18/h2-5,8-9H,6-7,10H2,1H3,(H,24,25,28). The lowest BCUT2D eigenvalue weighted by atomic mass is 9.99. The zero-order valence-electron chi connectivity index (χ0n) is 15.3. The first kappa shape index (κ1) is 18.9. The Kier molecular flexibility index (Phi) is 4.48. The van der Waals surface area contributed by atoms with Gasteiger partial charge in [0, 0.05) is 19.2 Å². The molecule has 10 heteroatoms. The lowest BCUT2D eigenvalue weighted by molar-refractivity contribution is -0.141. The average molecular weight is 403 g/mol. The average Bonchev–Trinajstić information content (AvgIpc) is 3.07. The molecule has 0 saturated heterocycles. The van der Waals surface area contributed by atoms with Crippen LogP contribution in [0.25, 0.3) is 5.95 Å². The number of fused-ring (bicyclic) bond motifs is 1. The van der Waals surface area contributed by atoms with E-state index in [1.807, 2.05) is 24.3 Å². The van der Waals surface area contributed by atoms with Crippen LogP contribution in [0, 0.1) is 6.92 Å². The quantitative estimate of drug-likeness (QED) is 0.713. The maximum atomic E-state index is 13.0. The number of hydrogen-bond donors (Lipinski definition) is 1. The van der Waals surface area contributed by atoms with Crippen LogP contribution in [0.3, 0.4) is 0 Å². The number of H-pyrrole nitrogens is 1. The van der Waals surface area contributed by atoms with Crippen LogP contribution in [-0.2, 0) is 19.1 Å². The molecule has 1 aliphatic heterocycles. The molecule has 0 aliphatic carbocycles. The molecule has 0 fully saturated rings. The maximum Gasteiger partial charge on any atom is 0.433 e. The van der Waals surface area contributed by atoms with E-state index in [4.69, 9.17) is 0 Å². The molecule has 1 aromatic carbocycles. The van der Waals surface area contributed by atoms with Crippen LogP contribution in [0.15, 0.2) is 41.3 Å². The van der Waals surface area contributed by atoms with Crippen molar-refractivity contribution in [1.82, 2.24) is 24.6 Å². The monoisotopic (exact) mass is 403 g/mol. The first-order chi connectivity index (χ1) is 13.7. The fraction of sp³-hybridized carbons (Fsp3) is 0.263. The molecule has 0 radical (unpaired) electrons. The van der Waals surface area contributed by atoms with Gasteiger partial charge in [-0.1, -0.05) is 24.3 Å². The molecule has 0 spiro atoms. The summed E-state index contributed by atoms with van der Waals surface area (Å²) in [7, 11) is 0. The third-order valence-electron chi connectivity index (χ3n) is 4.88. The molecule has 3 heterocycles. The molecule has 7 nitrogen and oxygen atoms in total. The number of halogens is 3. The number of aromatic amines is 1. The highest BCUT2D eigenvalue weighted by Crippen LogP contribution is 2.27. The van der Waals surface area contributed by atoms with Gasteiger partial charge in [-0.3, -0.25) is 14.6 Å². The van der Waals surface area contributed by atoms with Crippen LogP contribution in [0.1, 0.15) is 32.9 Å². The predicted molar refractivity (Wildman–Crippen MR) is 96.6 cm³/mol. The van der Waals surface area contributed by atoms with Gasteiger partial charge >= 0.3 is 6.18 Å². The van der Waals surface area contributed by atoms with Crippen LogP contribution in [0.5, 0.6) is 0 Å². The summed E-state index contributed by atoms with van der Waals surface area (Å²) in [4.78, 5) is 31.9. The number of amides is 1. The lowest BCUT2D eigenvalue weighted by Gasteiger charge is -2.28. The number of rotatable bonds is 2. The fourth-order valence-corrected chi connectivity index (χ4v) is 3.36. The van der Waals surface area contributed by atoms with Crippen molar-refractivity contribution in [2.75, 3.05) is 6.54 Å². The Bertz CT molecular complexity index is 1150. The van der Waals surface area contributed by atoms with Crippen molar-refractivity contribution < 1.29 is 18.0 Å². The van der Waals surface area contributed by atoms with Gasteiger partial charge in [0.2, 0.25) is 5.95 Å². The van der Waals surface area contributed by atoms with Crippen LogP contribution in [-0.4, -0.2) is 37.1 Å². The van der Waals surface area contributed by atoms with Gasteiger partial charge in [0.25, 0.3) is 11.5 Å². The van der Waals surface area contributed by atoms with Crippen LogP contribution in [0.4, 0.5) is 13.2 Å². The molecule has 29 heavy (non-hydrogen) atoms. The number of hydrogen-bond acceptors (Lipinski definition) is 4. The van der Waals surface area contributed by atoms with E-state index < -0.39 is 23.4 Å². The second-order valence-electron chi connectivity index (χ2n) is 6.75. The Morgan fingerprint density at radius 3 is 2.66 bits per heavy atom. The summed E-state index contributed by atoms with van der Waals surface area (Å²) >= 11 is 0. The van der Waals surface area contributed by atoms with Gasteiger partial charge in [-0.05, 0) is 24.5 Å². The molecule has 0 unspecified atom stereocenters. The van der Waals surface area contributed by atoms with Gasteiger partial charge < -0.3 is 4.90 Å². The predicted octanol–water partition coefficient (Wildman–Crippen LogP) is 2.48. The van der Waals surface area contributed by atoms with Crippen molar-refractivity contribution in [3.05, 3.63) is 75.0 Å². The topological polar surface area (TPSA) is 83.9 Å². The van der Waals surface area contributed by atoms with Crippen LogP contribution < -0.4 is 5.56 Å². The smallest absolute Gasteiger partial charge is 0.334 e. The third-order valence-corrected chi connectivity index (χ3v) is 4.88. The van der Waals surface area contributed by atoms with Crippen LogP contribution in [0.2, 0.25) is 0 Å². The summed E-state index contributed by atoms with van der Waals surface area (Å²) in [5.74, 6) is -0.678. The highest BCUT2D eigenvalue weighted by atomic mass is 19.4. The van der Waals surface area contributed by atoms with E-state index in [0.29, 0.717) is 19.2 Å². The largest absolute Gasteiger partial charge is 0.433 e. The Morgan fingerprint density at radius 2 is 1.93 bits per heavy atom. The van der Waals surface area contributed by atoms with Gasteiger partial charge in [0.05, 0.1) is 17.5 Å². The van der Waals surface area contributed by atoms with Gasteiger partial charge in [-0.15, -0.1) is 0 Å². The van der Waals surface area contributed by atoms with Gasteiger partial charge in [0.15, 0.2) is 5.69 Å². The van der Waals surface area contributed by atoms with Crippen molar-refractivity contribution >= 4 is 5.91 Å². The lowest BCUT2D eigenvalue weighted by Crippen LogP contribution is -2.36. The van der Waals surface area contributed by atoms with Crippen LogP contribution >= 0.6 is 0 Å². The molecule has 1 amide bonds. The number of benzene rings is 1. The normalized spacial score (nSPS) is 14.0. The van der Waals surface area contributed by atoms with E-state index in [9.17, 15) is 22.8 Å². The minimum Gasteiger partial charge on any atom is -0.334 e. The van der Waals surface area contributed by atoms with E-state index in [0.717, 1.165) is 16.7 Å². The number of alkyl halides is 3. The van der Waals surface area contributed by atoms with Crippen molar-refractivity contribution in [2.24, 2.45) is 0 Å². The second-order valence-corrected chi connectivity index (χ2v) is 6.75. The molecule has 3 aromatic rings. The molecule has 150 valence electrons. The number of nitrogens with zero attached hydrogens (tertiary/aromatic N) is 4. The zero-order chi connectivity index (χ0) is 20.8. The molecule has 1 N–H and O–H groups in total. The van der Waals surface area contributed by atoms with Gasteiger partial charge in [-0.25, -0.2) is 9.67 Å². The highest BCUT2D eigenvalue weighted by molar-refractivity contribution is 5.95. The first-order valence-corrected chi connectivity index (χ1v) is 8.83. The summed E-state index contributed by atoms with van der Waals surface area (Å²) in [6, 6.07) is 8.22. The molecule has 4 rings (SSSR count). The highest BCUT2D eigenvalue weighted by Gasteiger charge is 2.34.